The summed E-state index contributed by atoms with van der Waals surface area (Å²) in [5.41, 5.74) is 6.60. The van der Waals surface area contributed by atoms with Crippen LogP contribution in [0.15, 0.2) is 36.5 Å². The summed E-state index contributed by atoms with van der Waals surface area (Å²) < 4.78 is 39.3. The number of thiocarbonyl (C=S) groups is 1. The molecule has 0 bridgehead atoms. The van der Waals surface area contributed by atoms with E-state index < -0.39 is 11.6 Å². The van der Waals surface area contributed by atoms with Gasteiger partial charge in [0.2, 0.25) is 0 Å². The van der Waals surface area contributed by atoms with E-state index in [4.69, 9.17) is 27.4 Å². The number of ether oxygens (including phenoxy) is 2. The van der Waals surface area contributed by atoms with Crippen LogP contribution in [0.3, 0.4) is 0 Å². The molecule has 28 heavy (non-hydrogen) atoms. The van der Waals surface area contributed by atoms with Gasteiger partial charge in [0.05, 0.1) is 6.61 Å². The Morgan fingerprint density at radius 3 is 2.71 bits per heavy atom. The van der Waals surface area contributed by atoms with Crippen LogP contribution in [-0.4, -0.2) is 22.5 Å². The number of nitrogens with two attached hydrogens (primary N) is 1. The summed E-state index contributed by atoms with van der Waals surface area (Å²) in [6.07, 6.45) is 1.95. The van der Waals surface area contributed by atoms with E-state index in [1.807, 2.05) is 0 Å². The second-order valence-electron chi connectivity index (χ2n) is 6.02. The molecule has 2 aromatic carbocycles. The zero-order valence-corrected chi connectivity index (χ0v) is 15.9. The highest BCUT2D eigenvalue weighted by Crippen LogP contribution is 2.35. The maximum atomic E-state index is 14.8. The molecule has 0 aliphatic rings. The molecule has 0 saturated carbocycles. The van der Waals surface area contributed by atoms with Crippen molar-refractivity contribution in [3.05, 3.63) is 59.3 Å². The van der Waals surface area contributed by atoms with Crippen LogP contribution in [0.4, 0.5) is 8.78 Å². The molecule has 0 fully saturated rings. The first-order valence-corrected chi connectivity index (χ1v) is 9.02. The number of carbonyl (C=O) groups is 1. The standard InChI is InChI=1S/C20H18F2N2O3S/c1-2-26-18(25)6-4-13-12-7-8-24-17(12)10-16(22)19(13)27-11-3-5-15(21)14(9-11)20(23)28/h3,5,7-10,24H,2,4,6H2,1H3,(H2,23,28). The lowest BCUT2D eigenvalue weighted by Gasteiger charge is -2.14. The van der Waals surface area contributed by atoms with Crippen molar-refractivity contribution >= 4 is 34.1 Å². The number of hydrogen-bond acceptors (Lipinski definition) is 4. The smallest absolute Gasteiger partial charge is 0.306 e. The molecule has 0 unspecified atom stereocenters. The molecule has 0 radical (unpaired) electrons. The maximum absolute atomic E-state index is 14.8. The number of aryl methyl sites for hydroxylation is 1. The summed E-state index contributed by atoms with van der Waals surface area (Å²) in [6, 6.07) is 6.89. The average molecular weight is 404 g/mol. The number of benzene rings is 2. The van der Waals surface area contributed by atoms with Crippen LogP contribution in [-0.2, 0) is 16.0 Å². The van der Waals surface area contributed by atoms with E-state index in [0.717, 1.165) is 11.5 Å². The first kappa shape index (κ1) is 19.8. The summed E-state index contributed by atoms with van der Waals surface area (Å²) in [5.74, 6) is -1.47. The Morgan fingerprint density at radius 2 is 2.00 bits per heavy atom. The van der Waals surface area contributed by atoms with E-state index >= 15 is 0 Å². The first-order chi connectivity index (χ1) is 13.4. The minimum absolute atomic E-state index is 0.00343. The lowest BCUT2D eigenvalue weighted by molar-refractivity contribution is -0.143. The molecule has 5 nitrogen and oxygen atoms in total. The van der Waals surface area contributed by atoms with Crippen molar-refractivity contribution < 1.29 is 23.0 Å². The number of carbonyl (C=O) groups excluding carboxylic acids is 1. The van der Waals surface area contributed by atoms with Crippen molar-refractivity contribution in [3.8, 4) is 11.5 Å². The molecule has 3 N–H and O–H groups in total. The van der Waals surface area contributed by atoms with E-state index in [2.05, 4.69) is 4.98 Å². The van der Waals surface area contributed by atoms with Crippen LogP contribution in [0, 0.1) is 11.6 Å². The van der Waals surface area contributed by atoms with Gasteiger partial charge in [-0.15, -0.1) is 0 Å². The van der Waals surface area contributed by atoms with Crippen LogP contribution in [0.1, 0.15) is 24.5 Å². The average Bonchev–Trinajstić information content (AvgIpc) is 3.10. The van der Waals surface area contributed by atoms with Gasteiger partial charge in [-0.05, 0) is 37.6 Å². The molecule has 8 heteroatoms. The van der Waals surface area contributed by atoms with Crippen LogP contribution < -0.4 is 10.5 Å². The molecule has 0 aliphatic carbocycles. The predicted octanol–water partition coefficient (Wildman–Crippen LogP) is 4.37. The number of hydrogen-bond donors (Lipinski definition) is 2. The van der Waals surface area contributed by atoms with Crippen LogP contribution in [0.25, 0.3) is 10.9 Å². The number of H-pyrrole nitrogens is 1. The second-order valence-corrected chi connectivity index (χ2v) is 6.46. The molecular formula is C20H18F2N2O3S. The normalized spacial score (nSPS) is 10.8. The fourth-order valence-electron chi connectivity index (χ4n) is 2.92. The van der Waals surface area contributed by atoms with E-state index in [1.54, 1.807) is 19.2 Å². The highest BCUT2D eigenvalue weighted by molar-refractivity contribution is 7.80. The van der Waals surface area contributed by atoms with Gasteiger partial charge in [0, 0.05) is 40.7 Å². The molecule has 0 saturated heterocycles. The Morgan fingerprint density at radius 1 is 1.21 bits per heavy atom. The SMILES string of the molecule is CCOC(=O)CCc1c(Oc2ccc(F)c(C(N)=S)c2)c(F)cc2[nH]ccc12. The third-order valence-electron chi connectivity index (χ3n) is 4.17. The van der Waals surface area contributed by atoms with Crippen molar-refractivity contribution in [2.24, 2.45) is 5.73 Å². The minimum Gasteiger partial charge on any atom is -0.466 e. The van der Waals surface area contributed by atoms with Gasteiger partial charge in [0.1, 0.15) is 16.6 Å². The van der Waals surface area contributed by atoms with Crippen molar-refractivity contribution in [1.29, 1.82) is 0 Å². The Labute approximate surface area is 165 Å². The molecule has 0 amide bonds. The molecule has 1 heterocycles. The lowest BCUT2D eigenvalue weighted by atomic mass is 10.0. The van der Waals surface area contributed by atoms with Crippen LogP contribution in [0.5, 0.6) is 11.5 Å². The van der Waals surface area contributed by atoms with Gasteiger partial charge in [-0.1, -0.05) is 12.2 Å². The summed E-state index contributed by atoms with van der Waals surface area (Å²) in [5, 5.41) is 0.720. The second kappa shape index (κ2) is 8.35. The van der Waals surface area contributed by atoms with Gasteiger partial charge < -0.3 is 20.2 Å². The zero-order valence-electron chi connectivity index (χ0n) is 15.1. The highest BCUT2D eigenvalue weighted by atomic mass is 32.1. The topological polar surface area (TPSA) is 77.3 Å². The molecule has 0 aliphatic heterocycles. The molecule has 3 rings (SSSR count). The van der Waals surface area contributed by atoms with Crippen molar-refractivity contribution in [2.45, 2.75) is 19.8 Å². The minimum atomic E-state index is -0.616. The lowest BCUT2D eigenvalue weighted by Crippen LogP contribution is -2.11. The molecule has 146 valence electrons. The Hall–Kier alpha value is -3.00. The van der Waals surface area contributed by atoms with Gasteiger partial charge in [-0.2, -0.15) is 0 Å². The van der Waals surface area contributed by atoms with Crippen molar-refractivity contribution in [2.75, 3.05) is 6.61 Å². The fourth-order valence-corrected chi connectivity index (χ4v) is 3.07. The van der Waals surface area contributed by atoms with Gasteiger partial charge >= 0.3 is 5.97 Å². The van der Waals surface area contributed by atoms with Crippen LogP contribution in [0.2, 0.25) is 0 Å². The summed E-state index contributed by atoms with van der Waals surface area (Å²) >= 11 is 4.82. The number of rotatable bonds is 7. The van der Waals surface area contributed by atoms with E-state index in [1.165, 1.54) is 18.2 Å². The Balaban J connectivity index is 2.01. The Kier molecular flexibility index (Phi) is 5.89. The monoisotopic (exact) mass is 404 g/mol. The molecule has 0 spiro atoms. The van der Waals surface area contributed by atoms with E-state index in [9.17, 15) is 13.6 Å². The van der Waals surface area contributed by atoms with Gasteiger partial charge in [0.25, 0.3) is 0 Å². The van der Waals surface area contributed by atoms with Crippen molar-refractivity contribution in [3.63, 3.8) is 0 Å². The summed E-state index contributed by atoms with van der Waals surface area (Å²) in [4.78, 5) is 14.6. The molecule has 0 atom stereocenters. The zero-order chi connectivity index (χ0) is 20.3. The predicted molar refractivity (Wildman–Crippen MR) is 106 cm³/mol. The number of aromatic amines is 1. The fraction of sp³-hybridized carbons (Fsp3) is 0.200. The number of esters is 1. The van der Waals surface area contributed by atoms with Gasteiger partial charge in [-0.25, -0.2) is 8.78 Å². The number of aromatic nitrogens is 1. The third-order valence-corrected chi connectivity index (χ3v) is 4.39. The van der Waals surface area contributed by atoms with Crippen LogP contribution >= 0.6 is 12.2 Å². The molecular weight excluding hydrogens is 386 g/mol. The molecule has 1 aromatic heterocycles. The highest BCUT2D eigenvalue weighted by Gasteiger charge is 2.19. The number of halogens is 2. The van der Waals surface area contributed by atoms with Crippen molar-refractivity contribution in [1.82, 2.24) is 4.98 Å². The largest absolute Gasteiger partial charge is 0.466 e. The molecule has 3 aromatic rings. The quantitative estimate of drug-likeness (QED) is 0.452. The van der Waals surface area contributed by atoms with E-state index in [-0.39, 0.29) is 47.5 Å². The summed E-state index contributed by atoms with van der Waals surface area (Å²) in [6.45, 7) is 1.98. The van der Waals surface area contributed by atoms with Gasteiger partial charge in [0.15, 0.2) is 11.6 Å². The maximum Gasteiger partial charge on any atom is 0.306 e. The number of nitrogens with one attached hydrogen (secondary N) is 1. The number of fused-ring (bicyclic) bond motifs is 1. The van der Waals surface area contributed by atoms with Gasteiger partial charge in [-0.3, -0.25) is 4.79 Å². The third kappa shape index (κ3) is 4.12. The van der Waals surface area contributed by atoms with E-state index in [0.29, 0.717) is 11.1 Å². The first-order valence-electron chi connectivity index (χ1n) is 8.62. The summed E-state index contributed by atoms with van der Waals surface area (Å²) in [7, 11) is 0. The Bertz CT molecular complexity index is 1050.